The Labute approximate surface area is 90.2 Å². The van der Waals surface area contributed by atoms with Gasteiger partial charge in [0.2, 0.25) is 0 Å². The van der Waals surface area contributed by atoms with Gasteiger partial charge in [0.1, 0.15) is 18.4 Å². The lowest BCUT2D eigenvalue weighted by molar-refractivity contribution is 0.110. The Hall–Kier alpha value is -1.53. The first-order valence-electron chi connectivity index (χ1n) is 4.99. The lowest BCUT2D eigenvalue weighted by Crippen LogP contribution is -2.07. The van der Waals surface area contributed by atoms with Crippen molar-refractivity contribution >= 4 is 0 Å². The van der Waals surface area contributed by atoms with E-state index in [9.17, 15) is 0 Å². The predicted octanol–water partition coefficient (Wildman–Crippen LogP) is 2.28. The van der Waals surface area contributed by atoms with Crippen LogP contribution in [-0.2, 0) is 4.74 Å². The molecular formula is C12H15NO2. The number of aryl methyl sites for hydroxylation is 1. The lowest BCUT2D eigenvalue weighted by atomic mass is 10.1. The summed E-state index contributed by atoms with van der Waals surface area (Å²) in [7, 11) is 0. The van der Waals surface area contributed by atoms with Crippen LogP contribution in [0.25, 0.3) is 0 Å². The molecule has 0 aliphatic heterocycles. The zero-order valence-corrected chi connectivity index (χ0v) is 9.12. The Kier molecular flexibility index (Phi) is 4.65. The van der Waals surface area contributed by atoms with E-state index in [-0.39, 0.29) is 0 Å². The minimum absolute atomic E-state index is 0.478. The van der Waals surface area contributed by atoms with Crippen molar-refractivity contribution in [3.05, 3.63) is 29.3 Å². The first kappa shape index (κ1) is 11.5. The molecule has 0 spiro atoms. The highest BCUT2D eigenvalue weighted by atomic mass is 16.5. The highest BCUT2D eigenvalue weighted by molar-refractivity contribution is 5.44. The van der Waals surface area contributed by atoms with E-state index < -0.39 is 0 Å². The smallest absolute Gasteiger partial charge is 0.137 e. The molecule has 80 valence electrons. The molecule has 15 heavy (non-hydrogen) atoms. The van der Waals surface area contributed by atoms with E-state index in [0.717, 1.165) is 5.56 Å². The van der Waals surface area contributed by atoms with E-state index in [1.807, 2.05) is 26.0 Å². The van der Waals surface area contributed by atoms with Crippen molar-refractivity contribution < 1.29 is 9.47 Å². The van der Waals surface area contributed by atoms with E-state index in [0.29, 0.717) is 31.1 Å². The van der Waals surface area contributed by atoms with Crippen molar-refractivity contribution in [3.63, 3.8) is 0 Å². The second-order valence-electron chi connectivity index (χ2n) is 3.16. The molecule has 3 heteroatoms. The van der Waals surface area contributed by atoms with Crippen LogP contribution in [0, 0.1) is 18.3 Å². The number of benzene rings is 1. The van der Waals surface area contributed by atoms with Gasteiger partial charge in [-0.05, 0) is 31.5 Å². The molecule has 0 unspecified atom stereocenters. The van der Waals surface area contributed by atoms with Crippen LogP contribution in [0.5, 0.6) is 5.75 Å². The zero-order chi connectivity index (χ0) is 11.1. The van der Waals surface area contributed by atoms with Crippen molar-refractivity contribution in [2.75, 3.05) is 19.8 Å². The molecule has 1 aromatic rings. The van der Waals surface area contributed by atoms with Crippen LogP contribution in [0.2, 0.25) is 0 Å². The highest BCUT2D eigenvalue weighted by Gasteiger charge is 2.02. The van der Waals surface area contributed by atoms with Gasteiger partial charge >= 0.3 is 0 Å². The van der Waals surface area contributed by atoms with Gasteiger partial charge in [-0.15, -0.1) is 0 Å². The van der Waals surface area contributed by atoms with Crippen molar-refractivity contribution in [2.45, 2.75) is 13.8 Å². The average Bonchev–Trinajstić information content (AvgIpc) is 2.25. The third kappa shape index (κ3) is 3.61. The fraction of sp³-hybridized carbons (Fsp3) is 0.417. The van der Waals surface area contributed by atoms with Crippen LogP contribution < -0.4 is 4.74 Å². The number of rotatable bonds is 5. The van der Waals surface area contributed by atoms with Crippen molar-refractivity contribution in [3.8, 4) is 11.8 Å². The Bertz CT molecular complexity index is 355. The van der Waals surface area contributed by atoms with E-state index in [1.54, 1.807) is 6.07 Å². The normalized spacial score (nSPS) is 9.67. The van der Waals surface area contributed by atoms with Crippen molar-refractivity contribution in [1.82, 2.24) is 0 Å². The summed E-state index contributed by atoms with van der Waals surface area (Å²) in [5.74, 6) is 0.636. The summed E-state index contributed by atoms with van der Waals surface area (Å²) >= 11 is 0. The fourth-order valence-electron chi connectivity index (χ4n) is 1.20. The number of hydrogen-bond donors (Lipinski definition) is 0. The maximum atomic E-state index is 8.85. The van der Waals surface area contributed by atoms with Gasteiger partial charge in [-0.3, -0.25) is 0 Å². The Balaban J connectivity index is 2.59. The van der Waals surface area contributed by atoms with E-state index >= 15 is 0 Å². The minimum Gasteiger partial charge on any atom is -0.490 e. The molecule has 0 amide bonds. The average molecular weight is 205 g/mol. The summed E-state index contributed by atoms with van der Waals surface area (Å²) in [6, 6.07) is 7.63. The third-order valence-electron chi connectivity index (χ3n) is 1.95. The third-order valence-corrected chi connectivity index (χ3v) is 1.95. The molecule has 0 aliphatic carbocycles. The molecule has 3 nitrogen and oxygen atoms in total. The Morgan fingerprint density at radius 1 is 1.33 bits per heavy atom. The first-order valence-corrected chi connectivity index (χ1v) is 4.99. The summed E-state index contributed by atoms with van der Waals surface area (Å²) in [6.45, 7) is 5.62. The van der Waals surface area contributed by atoms with Gasteiger partial charge in [-0.25, -0.2) is 0 Å². The molecule has 0 heterocycles. The molecule has 0 atom stereocenters. The van der Waals surface area contributed by atoms with E-state index in [2.05, 4.69) is 6.07 Å². The number of hydrogen-bond acceptors (Lipinski definition) is 3. The van der Waals surface area contributed by atoms with Gasteiger partial charge in [0.15, 0.2) is 0 Å². The van der Waals surface area contributed by atoms with Crippen LogP contribution in [-0.4, -0.2) is 19.8 Å². The van der Waals surface area contributed by atoms with Gasteiger partial charge in [0.05, 0.1) is 12.2 Å². The van der Waals surface area contributed by atoms with Crippen LogP contribution in [0.1, 0.15) is 18.1 Å². The second kappa shape index (κ2) is 6.05. The van der Waals surface area contributed by atoms with Gasteiger partial charge in [0, 0.05) is 6.61 Å². The predicted molar refractivity (Wildman–Crippen MR) is 57.9 cm³/mol. The lowest BCUT2D eigenvalue weighted by Gasteiger charge is -2.08. The second-order valence-corrected chi connectivity index (χ2v) is 3.16. The molecule has 0 saturated heterocycles. The zero-order valence-electron chi connectivity index (χ0n) is 9.12. The minimum atomic E-state index is 0.478. The Morgan fingerprint density at radius 2 is 2.13 bits per heavy atom. The first-order chi connectivity index (χ1) is 7.27. The highest BCUT2D eigenvalue weighted by Crippen LogP contribution is 2.19. The maximum absolute atomic E-state index is 8.85. The molecule has 0 fully saturated rings. The molecule has 0 radical (unpaired) electrons. The van der Waals surface area contributed by atoms with Crippen LogP contribution in [0.15, 0.2) is 18.2 Å². The Morgan fingerprint density at radius 3 is 2.80 bits per heavy atom. The summed E-state index contributed by atoms with van der Waals surface area (Å²) in [5.41, 5.74) is 1.65. The number of nitrogens with zero attached hydrogens (tertiary/aromatic N) is 1. The monoisotopic (exact) mass is 205 g/mol. The molecule has 0 aromatic heterocycles. The molecule has 1 aromatic carbocycles. The van der Waals surface area contributed by atoms with Crippen molar-refractivity contribution in [1.29, 1.82) is 5.26 Å². The summed E-state index contributed by atoms with van der Waals surface area (Å²) in [6.07, 6.45) is 0. The summed E-state index contributed by atoms with van der Waals surface area (Å²) in [5, 5.41) is 8.85. The fourth-order valence-corrected chi connectivity index (χ4v) is 1.20. The van der Waals surface area contributed by atoms with Gasteiger partial charge < -0.3 is 9.47 Å². The maximum Gasteiger partial charge on any atom is 0.137 e. The summed E-state index contributed by atoms with van der Waals surface area (Å²) in [4.78, 5) is 0. The van der Waals surface area contributed by atoms with Gasteiger partial charge in [-0.1, -0.05) is 6.07 Å². The largest absolute Gasteiger partial charge is 0.490 e. The SMILES string of the molecule is CCOCCOc1cc(C)ccc1C#N. The van der Waals surface area contributed by atoms with Crippen LogP contribution in [0.3, 0.4) is 0 Å². The van der Waals surface area contributed by atoms with E-state index in [1.165, 1.54) is 0 Å². The molecule has 0 saturated carbocycles. The van der Waals surface area contributed by atoms with Crippen LogP contribution >= 0.6 is 0 Å². The van der Waals surface area contributed by atoms with E-state index in [4.69, 9.17) is 14.7 Å². The molecule has 0 bridgehead atoms. The standard InChI is InChI=1S/C12H15NO2/c1-3-14-6-7-15-12-8-10(2)4-5-11(12)9-13/h4-5,8H,3,6-7H2,1-2H3. The molecule has 0 N–H and O–H groups in total. The molecule has 1 rings (SSSR count). The van der Waals surface area contributed by atoms with Gasteiger partial charge in [0.25, 0.3) is 0 Å². The van der Waals surface area contributed by atoms with Crippen molar-refractivity contribution in [2.24, 2.45) is 0 Å². The number of ether oxygens (including phenoxy) is 2. The van der Waals surface area contributed by atoms with Gasteiger partial charge in [-0.2, -0.15) is 5.26 Å². The molecule has 0 aliphatic rings. The topological polar surface area (TPSA) is 42.2 Å². The quantitative estimate of drug-likeness (QED) is 0.692. The molecular weight excluding hydrogens is 190 g/mol. The summed E-state index contributed by atoms with van der Waals surface area (Å²) < 4.78 is 10.6. The van der Waals surface area contributed by atoms with Crippen LogP contribution in [0.4, 0.5) is 0 Å². The number of nitriles is 1.